The van der Waals surface area contributed by atoms with Crippen molar-refractivity contribution in [3.8, 4) is 0 Å². The number of aryl methyl sites for hydroxylation is 1. The molecule has 26 heavy (non-hydrogen) atoms. The molecule has 0 saturated heterocycles. The normalized spacial score (nSPS) is 10.4. The SMILES string of the molecule is Cc1ccnc(Nc2cc(NCCNC(=O)c3ccc(Br)o3)ncn2)c1. The zero-order chi connectivity index (χ0) is 18.4. The van der Waals surface area contributed by atoms with Gasteiger partial charge >= 0.3 is 0 Å². The van der Waals surface area contributed by atoms with Crippen molar-refractivity contribution in [2.45, 2.75) is 6.92 Å². The van der Waals surface area contributed by atoms with Crippen LogP contribution in [0.5, 0.6) is 0 Å². The van der Waals surface area contributed by atoms with Gasteiger partial charge in [0.15, 0.2) is 10.4 Å². The highest BCUT2D eigenvalue weighted by Gasteiger charge is 2.09. The first-order valence-electron chi connectivity index (χ1n) is 7.89. The Kier molecular flexibility index (Phi) is 5.80. The number of rotatable bonds is 7. The van der Waals surface area contributed by atoms with Gasteiger partial charge in [0.05, 0.1) is 0 Å². The fraction of sp³-hybridized carbons (Fsp3) is 0.176. The summed E-state index contributed by atoms with van der Waals surface area (Å²) in [7, 11) is 0. The van der Waals surface area contributed by atoms with Crippen molar-refractivity contribution in [3.05, 3.63) is 58.8 Å². The van der Waals surface area contributed by atoms with Gasteiger partial charge in [0.25, 0.3) is 5.91 Å². The van der Waals surface area contributed by atoms with E-state index in [1.54, 1.807) is 24.4 Å². The van der Waals surface area contributed by atoms with Crippen LogP contribution in [-0.4, -0.2) is 33.9 Å². The third kappa shape index (κ3) is 5.03. The number of furan rings is 1. The zero-order valence-corrected chi connectivity index (χ0v) is 15.6. The van der Waals surface area contributed by atoms with E-state index in [0.717, 1.165) is 5.56 Å². The Labute approximate surface area is 158 Å². The van der Waals surface area contributed by atoms with Gasteiger partial charge in [-0.25, -0.2) is 15.0 Å². The van der Waals surface area contributed by atoms with Gasteiger partial charge < -0.3 is 20.4 Å². The van der Waals surface area contributed by atoms with Crippen LogP contribution in [0.15, 0.2) is 51.9 Å². The van der Waals surface area contributed by atoms with E-state index < -0.39 is 0 Å². The fourth-order valence-electron chi connectivity index (χ4n) is 2.15. The van der Waals surface area contributed by atoms with Gasteiger partial charge in [0.1, 0.15) is 23.8 Å². The second-order valence-electron chi connectivity index (χ2n) is 5.42. The molecule has 8 nitrogen and oxygen atoms in total. The smallest absolute Gasteiger partial charge is 0.287 e. The number of pyridine rings is 1. The van der Waals surface area contributed by atoms with Crippen LogP contribution in [0.25, 0.3) is 0 Å². The fourth-order valence-corrected chi connectivity index (χ4v) is 2.45. The Balaban J connectivity index is 1.48. The maximum Gasteiger partial charge on any atom is 0.287 e. The minimum absolute atomic E-state index is 0.260. The quantitative estimate of drug-likeness (QED) is 0.508. The number of anilines is 3. The summed E-state index contributed by atoms with van der Waals surface area (Å²) in [4.78, 5) is 24.4. The summed E-state index contributed by atoms with van der Waals surface area (Å²) < 4.78 is 5.71. The van der Waals surface area contributed by atoms with Crippen molar-refractivity contribution in [3.63, 3.8) is 0 Å². The molecular formula is C17H17BrN6O2. The molecule has 0 spiro atoms. The van der Waals surface area contributed by atoms with E-state index in [1.807, 2.05) is 19.1 Å². The Bertz CT molecular complexity index is 898. The summed E-state index contributed by atoms with van der Waals surface area (Å²) in [6, 6.07) is 8.90. The molecule has 0 radical (unpaired) electrons. The van der Waals surface area contributed by atoms with Gasteiger partial charge in [-0.1, -0.05) is 0 Å². The lowest BCUT2D eigenvalue weighted by Gasteiger charge is -2.09. The first kappa shape index (κ1) is 17.9. The molecule has 134 valence electrons. The Morgan fingerprint density at radius 1 is 1.08 bits per heavy atom. The third-order valence-electron chi connectivity index (χ3n) is 3.35. The van der Waals surface area contributed by atoms with Crippen LogP contribution in [0.4, 0.5) is 17.5 Å². The number of aromatic nitrogens is 3. The van der Waals surface area contributed by atoms with Crippen molar-refractivity contribution < 1.29 is 9.21 Å². The lowest BCUT2D eigenvalue weighted by Crippen LogP contribution is -2.28. The molecule has 0 bridgehead atoms. The van der Waals surface area contributed by atoms with E-state index in [0.29, 0.717) is 35.2 Å². The lowest BCUT2D eigenvalue weighted by atomic mass is 10.3. The highest BCUT2D eigenvalue weighted by atomic mass is 79.9. The third-order valence-corrected chi connectivity index (χ3v) is 3.78. The standard InChI is InChI=1S/C17H17BrN6O2/c1-11-4-5-19-15(8-11)24-16-9-14(22-10-23-16)20-6-7-21-17(25)12-2-3-13(18)26-12/h2-5,8-10H,6-7H2,1H3,(H,21,25)(H2,19,20,22,23,24). The van der Waals surface area contributed by atoms with Gasteiger partial charge in [0, 0.05) is 25.4 Å². The van der Waals surface area contributed by atoms with E-state index >= 15 is 0 Å². The maximum absolute atomic E-state index is 11.9. The monoisotopic (exact) mass is 416 g/mol. The summed E-state index contributed by atoms with van der Waals surface area (Å²) in [6.07, 6.45) is 3.19. The molecule has 1 amide bonds. The average Bonchev–Trinajstić information content (AvgIpc) is 3.05. The first-order valence-corrected chi connectivity index (χ1v) is 8.68. The van der Waals surface area contributed by atoms with Crippen molar-refractivity contribution in [2.75, 3.05) is 23.7 Å². The van der Waals surface area contributed by atoms with Gasteiger partial charge in [0.2, 0.25) is 0 Å². The second-order valence-corrected chi connectivity index (χ2v) is 6.20. The maximum atomic E-state index is 11.9. The molecule has 3 N–H and O–H groups in total. The van der Waals surface area contributed by atoms with Crippen molar-refractivity contribution in [1.82, 2.24) is 20.3 Å². The van der Waals surface area contributed by atoms with Crippen LogP contribution in [0, 0.1) is 6.92 Å². The summed E-state index contributed by atoms with van der Waals surface area (Å²) in [5.74, 6) is 1.98. The number of carbonyl (C=O) groups is 1. The minimum atomic E-state index is -0.270. The van der Waals surface area contributed by atoms with Crippen LogP contribution in [0.1, 0.15) is 16.1 Å². The molecule has 0 unspecified atom stereocenters. The minimum Gasteiger partial charge on any atom is -0.444 e. The molecule has 0 aliphatic rings. The van der Waals surface area contributed by atoms with Crippen molar-refractivity contribution in [2.24, 2.45) is 0 Å². The largest absolute Gasteiger partial charge is 0.444 e. The molecule has 9 heteroatoms. The van der Waals surface area contributed by atoms with Crippen LogP contribution in [0.2, 0.25) is 0 Å². The zero-order valence-electron chi connectivity index (χ0n) is 14.0. The molecule has 0 aliphatic heterocycles. The molecular weight excluding hydrogens is 400 g/mol. The number of nitrogens with one attached hydrogen (secondary N) is 3. The van der Waals surface area contributed by atoms with Crippen LogP contribution >= 0.6 is 15.9 Å². The molecule has 0 atom stereocenters. The molecule has 3 rings (SSSR count). The molecule has 0 aromatic carbocycles. The lowest BCUT2D eigenvalue weighted by molar-refractivity contribution is 0.0926. The summed E-state index contributed by atoms with van der Waals surface area (Å²) in [5, 5.41) is 9.02. The molecule has 3 aromatic rings. The summed E-state index contributed by atoms with van der Waals surface area (Å²) >= 11 is 3.16. The van der Waals surface area contributed by atoms with Crippen LogP contribution in [0.3, 0.4) is 0 Å². The summed E-state index contributed by atoms with van der Waals surface area (Å²) in [6.45, 7) is 2.92. The van der Waals surface area contributed by atoms with Gasteiger partial charge in [-0.3, -0.25) is 4.79 Å². The number of nitrogens with zero attached hydrogens (tertiary/aromatic N) is 3. The van der Waals surface area contributed by atoms with E-state index in [4.69, 9.17) is 4.42 Å². The number of hydrogen-bond donors (Lipinski definition) is 3. The molecule has 0 fully saturated rings. The Hall–Kier alpha value is -2.94. The summed E-state index contributed by atoms with van der Waals surface area (Å²) in [5.41, 5.74) is 1.11. The van der Waals surface area contributed by atoms with Crippen molar-refractivity contribution >= 4 is 39.3 Å². The second kappa shape index (κ2) is 8.43. The Morgan fingerprint density at radius 2 is 1.88 bits per heavy atom. The van der Waals surface area contributed by atoms with E-state index in [2.05, 4.69) is 46.8 Å². The average molecular weight is 417 g/mol. The number of halogens is 1. The van der Waals surface area contributed by atoms with Crippen LogP contribution < -0.4 is 16.0 Å². The van der Waals surface area contributed by atoms with Gasteiger partial charge in [-0.05, 0) is 52.7 Å². The van der Waals surface area contributed by atoms with E-state index in [-0.39, 0.29) is 11.7 Å². The Morgan fingerprint density at radius 3 is 2.65 bits per heavy atom. The topological polar surface area (TPSA) is 105 Å². The number of carbonyl (C=O) groups excluding carboxylic acids is 1. The van der Waals surface area contributed by atoms with E-state index in [1.165, 1.54) is 6.33 Å². The van der Waals surface area contributed by atoms with Crippen molar-refractivity contribution in [1.29, 1.82) is 0 Å². The van der Waals surface area contributed by atoms with Gasteiger partial charge in [-0.2, -0.15) is 0 Å². The number of hydrogen-bond acceptors (Lipinski definition) is 7. The first-order chi connectivity index (χ1) is 12.6. The van der Waals surface area contributed by atoms with E-state index in [9.17, 15) is 4.79 Å². The highest BCUT2D eigenvalue weighted by molar-refractivity contribution is 9.10. The molecule has 0 aliphatic carbocycles. The van der Waals surface area contributed by atoms with Crippen LogP contribution in [-0.2, 0) is 0 Å². The molecule has 3 aromatic heterocycles. The van der Waals surface area contributed by atoms with Gasteiger partial charge in [-0.15, -0.1) is 0 Å². The number of amides is 1. The highest BCUT2D eigenvalue weighted by Crippen LogP contribution is 2.15. The predicted molar refractivity (Wildman–Crippen MR) is 102 cm³/mol. The molecule has 3 heterocycles. The predicted octanol–water partition coefficient (Wildman–Crippen LogP) is 3.12. The molecule has 0 saturated carbocycles.